The van der Waals surface area contributed by atoms with Gasteiger partial charge in [0.15, 0.2) is 0 Å². The van der Waals surface area contributed by atoms with E-state index in [4.69, 9.17) is 0 Å². The standard InChI is InChI=1S/C10H20OSi/c1-12(2,3)10-6-4-9(11,8-10)5-7-10/h11H,4-8H2,1-3H3. The third-order valence-electron chi connectivity index (χ3n) is 4.40. The van der Waals surface area contributed by atoms with Crippen LogP contribution in [0.15, 0.2) is 0 Å². The largest absolute Gasteiger partial charge is 0.390 e. The van der Waals surface area contributed by atoms with Crippen molar-refractivity contribution in [2.45, 2.75) is 62.4 Å². The zero-order valence-electron chi connectivity index (χ0n) is 8.48. The summed E-state index contributed by atoms with van der Waals surface area (Å²) < 4.78 is 0. The molecule has 1 N–H and O–H groups in total. The summed E-state index contributed by atoms with van der Waals surface area (Å²) in [7, 11) is -1.04. The van der Waals surface area contributed by atoms with Gasteiger partial charge in [0.2, 0.25) is 0 Å². The predicted octanol–water partition coefficient (Wildman–Crippen LogP) is 2.77. The molecule has 0 radical (unpaired) electrons. The fourth-order valence-corrected chi connectivity index (χ4v) is 5.80. The van der Waals surface area contributed by atoms with E-state index in [1.165, 1.54) is 12.8 Å². The second-order valence-electron chi connectivity index (χ2n) is 5.93. The molecule has 0 aromatic rings. The van der Waals surface area contributed by atoms with Crippen LogP contribution in [0, 0.1) is 0 Å². The molecule has 2 saturated carbocycles. The molecule has 2 aliphatic carbocycles. The molecule has 2 bridgehead atoms. The van der Waals surface area contributed by atoms with Gasteiger partial charge in [-0.3, -0.25) is 0 Å². The van der Waals surface area contributed by atoms with Crippen LogP contribution in [0.25, 0.3) is 0 Å². The molecule has 2 rings (SSSR count). The first-order valence-electron chi connectivity index (χ1n) is 5.09. The molecule has 0 heterocycles. The zero-order valence-corrected chi connectivity index (χ0v) is 9.48. The molecule has 0 amide bonds. The van der Waals surface area contributed by atoms with Gasteiger partial charge in [0.1, 0.15) is 0 Å². The monoisotopic (exact) mass is 184 g/mol. The quantitative estimate of drug-likeness (QED) is 0.621. The average Bonchev–Trinajstić information content (AvgIpc) is 2.40. The van der Waals surface area contributed by atoms with E-state index in [0.29, 0.717) is 5.04 Å². The topological polar surface area (TPSA) is 20.2 Å². The highest BCUT2D eigenvalue weighted by molar-refractivity contribution is 6.79. The number of fused-ring (bicyclic) bond motifs is 2. The van der Waals surface area contributed by atoms with Gasteiger partial charge in [-0.1, -0.05) is 19.6 Å². The third kappa shape index (κ3) is 1.01. The molecule has 0 aromatic heterocycles. The maximum atomic E-state index is 10.1. The minimum atomic E-state index is -1.04. The molecule has 1 nitrogen and oxygen atoms in total. The first kappa shape index (κ1) is 8.76. The molecule has 2 aliphatic rings. The van der Waals surface area contributed by atoms with Crippen molar-refractivity contribution in [1.29, 1.82) is 0 Å². The van der Waals surface area contributed by atoms with Crippen molar-refractivity contribution in [3.05, 3.63) is 0 Å². The van der Waals surface area contributed by atoms with E-state index in [2.05, 4.69) is 19.6 Å². The van der Waals surface area contributed by atoms with Crippen LogP contribution in [0.4, 0.5) is 0 Å². The highest BCUT2D eigenvalue weighted by Gasteiger charge is 2.58. The van der Waals surface area contributed by atoms with E-state index < -0.39 is 8.07 Å². The van der Waals surface area contributed by atoms with Crippen molar-refractivity contribution < 1.29 is 5.11 Å². The second kappa shape index (κ2) is 2.15. The van der Waals surface area contributed by atoms with Crippen LogP contribution in [0.2, 0.25) is 24.7 Å². The third-order valence-corrected chi connectivity index (χ3v) is 8.26. The minimum Gasteiger partial charge on any atom is -0.390 e. The van der Waals surface area contributed by atoms with Gasteiger partial charge in [0.05, 0.1) is 13.7 Å². The first-order valence-corrected chi connectivity index (χ1v) is 8.59. The Labute approximate surface area is 76.2 Å². The van der Waals surface area contributed by atoms with Gasteiger partial charge in [-0.2, -0.15) is 0 Å². The molecule has 12 heavy (non-hydrogen) atoms. The van der Waals surface area contributed by atoms with Crippen molar-refractivity contribution in [3.8, 4) is 0 Å². The fourth-order valence-electron chi connectivity index (χ4n) is 3.19. The summed E-state index contributed by atoms with van der Waals surface area (Å²) >= 11 is 0. The predicted molar refractivity (Wildman–Crippen MR) is 54.1 cm³/mol. The van der Waals surface area contributed by atoms with E-state index in [1.54, 1.807) is 0 Å². The summed E-state index contributed by atoms with van der Waals surface area (Å²) in [6, 6.07) is 0. The summed E-state index contributed by atoms with van der Waals surface area (Å²) in [4.78, 5) is 0. The summed E-state index contributed by atoms with van der Waals surface area (Å²) in [5.41, 5.74) is -0.236. The Morgan fingerprint density at radius 1 is 1.00 bits per heavy atom. The Balaban J connectivity index is 2.27. The van der Waals surface area contributed by atoms with Gasteiger partial charge >= 0.3 is 0 Å². The summed E-state index contributed by atoms with van der Waals surface area (Å²) in [6.07, 6.45) is 5.89. The van der Waals surface area contributed by atoms with Crippen LogP contribution in [0.1, 0.15) is 32.1 Å². The number of hydrogen-bond acceptors (Lipinski definition) is 1. The number of aliphatic hydroxyl groups is 1. The normalized spacial score (nSPS) is 47.0. The smallest absolute Gasteiger partial charge is 0.0650 e. The lowest BCUT2D eigenvalue weighted by Gasteiger charge is -2.38. The van der Waals surface area contributed by atoms with E-state index in [-0.39, 0.29) is 5.60 Å². The van der Waals surface area contributed by atoms with Crippen LogP contribution in [0.3, 0.4) is 0 Å². The maximum absolute atomic E-state index is 10.1. The van der Waals surface area contributed by atoms with Gasteiger partial charge in [0, 0.05) is 0 Å². The molecular weight excluding hydrogens is 164 g/mol. The van der Waals surface area contributed by atoms with Crippen molar-refractivity contribution >= 4 is 8.07 Å². The maximum Gasteiger partial charge on any atom is 0.0650 e. The molecule has 0 aromatic carbocycles. The van der Waals surface area contributed by atoms with E-state index in [1.807, 2.05) is 0 Å². The lowest BCUT2D eigenvalue weighted by Crippen LogP contribution is -2.36. The van der Waals surface area contributed by atoms with Crippen molar-refractivity contribution in [2.24, 2.45) is 0 Å². The van der Waals surface area contributed by atoms with Crippen LogP contribution in [-0.4, -0.2) is 18.8 Å². The summed E-state index contributed by atoms with van der Waals surface area (Å²) in [6.45, 7) is 7.39. The Hall–Kier alpha value is 0.177. The van der Waals surface area contributed by atoms with Crippen LogP contribution >= 0.6 is 0 Å². The van der Waals surface area contributed by atoms with Crippen LogP contribution in [-0.2, 0) is 0 Å². The highest BCUT2D eigenvalue weighted by atomic mass is 28.3. The summed E-state index contributed by atoms with van der Waals surface area (Å²) in [5, 5.41) is 10.7. The van der Waals surface area contributed by atoms with Gasteiger partial charge < -0.3 is 5.11 Å². The fraction of sp³-hybridized carbons (Fsp3) is 1.00. The first-order chi connectivity index (χ1) is 5.37. The van der Waals surface area contributed by atoms with E-state index in [0.717, 1.165) is 19.3 Å². The van der Waals surface area contributed by atoms with Crippen LogP contribution in [0.5, 0.6) is 0 Å². The number of hydrogen-bond donors (Lipinski definition) is 1. The minimum absolute atomic E-state index is 0.236. The van der Waals surface area contributed by atoms with E-state index >= 15 is 0 Å². The van der Waals surface area contributed by atoms with Gasteiger partial charge in [-0.25, -0.2) is 0 Å². The lowest BCUT2D eigenvalue weighted by molar-refractivity contribution is 0.0521. The van der Waals surface area contributed by atoms with E-state index in [9.17, 15) is 5.11 Å². The van der Waals surface area contributed by atoms with Gasteiger partial charge in [-0.15, -0.1) is 0 Å². The van der Waals surface area contributed by atoms with Crippen molar-refractivity contribution in [2.75, 3.05) is 0 Å². The molecule has 0 saturated heterocycles. The second-order valence-corrected chi connectivity index (χ2v) is 11.5. The molecule has 0 atom stereocenters. The Morgan fingerprint density at radius 3 is 1.67 bits per heavy atom. The Bertz CT molecular complexity index is 196. The van der Waals surface area contributed by atoms with Crippen LogP contribution < -0.4 is 0 Å². The average molecular weight is 184 g/mol. The van der Waals surface area contributed by atoms with Gasteiger partial charge in [-0.05, 0) is 37.1 Å². The molecular formula is C10H20OSi. The van der Waals surface area contributed by atoms with Gasteiger partial charge in [0.25, 0.3) is 0 Å². The molecule has 0 aliphatic heterocycles. The Kier molecular flexibility index (Phi) is 1.57. The van der Waals surface area contributed by atoms with Crippen molar-refractivity contribution in [3.63, 3.8) is 0 Å². The lowest BCUT2D eigenvalue weighted by atomic mass is 9.97. The zero-order chi connectivity index (χ0) is 9.04. The SMILES string of the molecule is C[Si](C)(C)C12CCC(O)(CC1)C2. The Morgan fingerprint density at radius 2 is 1.50 bits per heavy atom. The number of rotatable bonds is 1. The summed E-state index contributed by atoms with van der Waals surface area (Å²) in [5.74, 6) is 0. The van der Waals surface area contributed by atoms with Crippen molar-refractivity contribution in [1.82, 2.24) is 0 Å². The highest BCUT2D eigenvalue weighted by Crippen LogP contribution is 2.65. The molecule has 70 valence electrons. The molecule has 2 heteroatoms. The molecule has 0 spiro atoms. The molecule has 0 unspecified atom stereocenters. The molecule has 2 fully saturated rings.